The number of imidazole rings is 1. The first-order chi connectivity index (χ1) is 27.7. The Morgan fingerprint density at radius 3 is 1.38 bits per heavy atom. The van der Waals surface area contributed by atoms with Gasteiger partial charge >= 0.3 is 5.69 Å². The summed E-state index contributed by atoms with van der Waals surface area (Å²) in [5.74, 6) is 0. The van der Waals surface area contributed by atoms with Gasteiger partial charge in [-0.15, -0.1) is 0 Å². The molecule has 12 aromatic rings. The van der Waals surface area contributed by atoms with Gasteiger partial charge in [-0.3, -0.25) is 4.57 Å². The largest absolute Gasteiger partial charge is 0.339 e. The van der Waals surface area contributed by atoms with Crippen molar-refractivity contribution >= 4 is 71.2 Å². The van der Waals surface area contributed by atoms with E-state index < -0.39 is 0 Å². The minimum absolute atomic E-state index is 0.146. The molecule has 6 heteroatoms. The van der Waals surface area contributed by atoms with Gasteiger partial charge in [0.25, 0.3) is 0 Å². The highest BCUT2D eigenvalue weighted by molar-refractivity contribution is 6.13. The maximum atomic E-state index is 14.3. The van der Waals surface area contributed by atoms with Crippen LogP contribution in [0.2, 0.25) is 0 Å². The van der Waals surface area contributed by atoms with Gasteiger partial charge in [-0.1, -0.05) is 97.1 Å². The number of aromatic nitrogens is 5. The van der Waals surface area contributed by atoms with Crippen LogP contribution in [-0.2, 0) is 0 Å². The molecule has 4 heterocycles. The van der Waals surface area contributed by atoms with Crippen molar-refractivity contribution in [2.45, 2.75) is 0 Å². The van der Waals surface area contributed by atoms with Crippen LogP contribution < -0.4 is 5.69 Å². The van der Waals surface area contributed by atoms with Crippen molar-refractivity contribution in [1.29, 1.82) is 0 Å². The Morgan fingerprint density at radius 2 is 0.786 bits per heavy atom. The maximum Gasteiger partial charge on any atom is 0.339 e. The Bertz CT molecular complexity index is 3610. The van der Waals surface area contributed by atoms with E-state index in [4.69, 9.17) is 4.98 Å². The van der Waals surface area contributed by atoms with Crippen molar-refractivity contribution in [2.75, 3.05) is 0 Å². The molecule has 12 rings (SSSR count). The van der Waals surface area contributed by atoms with Crippen LogP contribution in [0.15, 0.2) is 193 Å². The van der Waals surface area contributed by atoms with E-state index in [1.807, 2.05) is 60.7 Å². The molecule has 8 aromatic carbocycles. The van der Waals surface area contributed by atoms with Crippen molar-refractivity contribution in [2.24, 2.45) is 0 Å². The molecule has 0 saturated carbocycles. The summed E-state index contributed by atoms with van der Waals surface area (Å²) in [5, 5.41) is 5.74. The molecular weight excluding hydrogens is 687 g/mol. The second-order valence-electron chi connectivity index (χ2n) is 14.4. The first-order valence-electron chi connectivity index (χ1n) is 18.9. The van der Waals surface area contributed by atoms with Crippen LogP contribution in [0.1, 0.15) is 0 Å². The highest BCUT2D eigenvalue weighted by Crippen LogP contribution is 2.38. The average Bonchev–Trinajstić information content (AvgIpc) is 3.92. The monoisotopic (exact) mass is 717 g/mol. The van der Waals surface area contributed by atoms with Crippen LogP contribution in [0.25, 0.3) is 99.4 Å². The van der Waals surface area contributed by atoms with E-state index in [-0.39, 0.29) is 5.69 Å². The van der Waals surface area contributed by atoms with Crippen LogP contribution in [0, 0.1) is 0 Å². The Kier molecular flexibility index (Phi) is 6.39. The average molecular weight is 718 g/mol. The van der Waals surface area contributed by atoms with Gasteiger partial charge in [-0.2, -0.15) is 0 Å². The smallest absolute Gasteiger partial charge is 0.309 e. The van der Waals surface area contributed by atoms with Crippen molar-refractivity contribution in [3.8, 4) is 28.2 Å². The molecule has 262 valence electrons. The van der Waals surface area contributed by atoms with Crippen molar-refractivity contribution < 1.29 is 0 Å². The number of benzene rings is 8. The lowest BCUT2D eigenvalue weighted by molar-refractivity contribution is 0.932. The molecule has 0 fully saturated rings. The van der Waals surface area contributed by atoms with E-state index in [0.29, 0.717) is 5.65 Å². The molecule has 0 N–H and O–H groups in total. The number of hydrogen-bond acceptors (Lipinski definition) is 2. The highest BCUT2D eigenvalue weighted by Gasteiger charge is 2.19. The van der Waals surface area contributed by atoms with Gasteiger partial charge in [-0.05, 0) is 102 Å². The normalized spacial score (nSPS) is 12.0. The molecular formula is C50H31N5O. The third-order valence-electron chi connectivity index (χ3n) is 11.4. The molecule has 0 atom stereocenters. The second-order valence-corrected chi connectivity index (χ2v) is 14.4. The van der Waals surface area contributed by atoms with Gasteiger partial charge in [-0.25, -0.2) is 14.2 Å². The lowest BCUT2D eigenvalue weighted by Crippen LogP contribution is -2.25. The maximum absolute atomic E-state index is 14.3. The highest BCUT2D eigenvalue weighted by atomic mass is 16.1. The predicted octanol–water partition coefficient (Wildman–Crippen LogP) is 11.7. The minimum Gasteiger partial charge on any atom is -0.309 e. The van der Waals surface area contributed by atoms with Crippen LogP contribution in [0.3, 0.4) is 0 Å². The number of fused-ring (bicyclic) bond motifs is 11. The number of rotatable bonds is 4. The number of hydrogen-bond donors (Lipinski definition) is 0. The quantitative estimate of drug-likeness (QED) is 0.182. The third-order valence-corrected chi connectivity index (χ3v) is 11.4. The van der Waals surface area contributed by atoms with E-state index in [2.05, 4.69) is 137 Å². The Morgan fingerprint density at radius 1 is 0.339 bits per heavy atom. The fourth-order valence-electron chi connectivity index (χ4n) is 8.91. The fraction of sp³-hybridized carbons (Fsp3) is 0. The molecule has 0 unspecified atom stereocenters. The molecule has 4 aromatic heterocycles. The molecule has 0 bridgehead atoms. The van der Waals surface area contributed by atoms with Crippen LogP contribution in [0.5, 0.6) is 0 Å². The Labute approximate surface area is 320 Å². The zero-order valence-corrected chi connectivity index (χ0v) is 30.0. The van der Waals surface area contributed by atoms with Gasteiger partial charge in [0.15, 0.2) is 5.65 Å². The van der Waals surface area contributed by atoms with Gasteiger partial charge in [0.2, 0.25) is 0 Å². The summed E-state index contributed by atoms with van der Waals surface area (Å²) in [6, 6.07) is 65.5. The van der Waals surface area contributed by atoms with Gasteiger partial charge in [0.1, 0.15) is 0 Å². The molecule has 0 aliphatic rings. The molecule has 0 amide bonds. The zero-order chi connectivity index (χ0) is 36.9. The van der Waals surface area contributed by atoms with Crippen molar-refractivity contribution in [3.05, 3.63) is 199 Å². The zero-order valence-electron chi connectivity index (χ0n) is 30.0. The summed E-state index contributed by atoms with van der Waals surface area (Å²) < 4.78 is 8.20. The van der Waals surface area contributed by atoms with Gasteiger partial charge in [0, 0.05) is 38.3 Å². The van der Waals surface area contributed by atoms with Gasteiger partial charge in [0.05, 0.1) is 44.3 Å². The van der Waals surface area contributed by atoms with Crippen molar-refractivity contribution in [1.82, 2.24) is 23.1 Å². The summed E-state index contributed by atoms with van der Waals surface area (Å²) >= 11 is 0. The summed E-state index contributed by atoms with van der Waals surface area (Å²) in [5.41, 5.74) is 12.8. The standard InChI is InChI=1S/C50H31N5O/c56-50-54(35-15-5-2-6-16-35)45-22-12-9-19-39(45)49-51-42-31-36(25-28-48(42)55(49)50)53-44-21-11-8-18-38(44)41-30-33(24-27-47(41)53)32-23-26-46-40(29-32)37-17-7-10-20-43(37)52(46)34-13-3-1-4-14-34/h1-31H. The lowest BCUT2D eigenvalue weighted by atomic mass is 10.0. The predicted molar refractivity (Wildman–Crippen MR) is 230 cm³/mol. The minimum atomic E-state index is -0.146. The van der Waals surface area contributed by atoms with E-state index in [1.54, 1.807) is 8.97 Å². The topological polar surface area (TPSA) is 49.2 Å². The molecule has 0 saturated heterocycles. The lowest BCUT2D eigenvalue weighted by Gasteiger charge is -2.12. The van der Waals surface area contributed by atoms with Crippen molar-refractivity contribution in [3.63, 3.8) is 0 Å². The Hall–Kier alpha value is -7.70. The van der Waals surface area contributed by atoms with Crippen LogP contribution in [0.4, 0.5) is 0 Å². The molecule has 6 nitrogen and oxygen atoms in total. The summed E-state index contributed by atoms with van der Waals surface area (Å²) in [4.78, 5) is 19.4. The van der Waals surface area contributed by atoms with E-state index in [1.165, 1.54) is 38.1 Å². The van der Waals surface area contributed by atoms with E-state index in [9.17, 15) is 4.79 Å². The molecule has 0 aliphatic carbocycles. The van der Waals surface area contributed by atoms with Gasteiger partial charge < -0.3 is 9.13 Å². The van der Waals surface area contributed by atoms with Crippen LogP contribution >= 0.6 is 0 Å². The molecule has 0 radical (unpaired) electrons. The number of para-hydroxylation sites is 5. The number of nitrogens with zero attached hydrogens (tertiary/aromatic N) is 5. The SMILES string of the molecule is O=c1n(-c2ccccc2)c2ccccc2c2nc3cc(-n4c5ccccc5c5cc(-c6ccc7c(c6)c6ccccc6n7-c6ccccc6)ccc54)ccc3n12. The summed E-state index contributed by atoms with van der Waals surface area (Å²) in [6.07, 6.45) is 0. The second kappa shape index (κ2) is 11.6. The Balaban J connectivity index is 1.04. The summed E-state index contributed by atoms with van der Waals surface area (Å²) in [6.45, 7) is 0. The first-order valence-corrected chi connectivity index (χ1v) is 18.9. The fourth-order valence-corrected chi connectivity index (χ4v) is 8.91. The molecule has 0 spiro atoms. The molecule has 56 heavy (non-hydrogen) atoms. The third kappa shape index (κ3) is 4.32. The molecule has 0 aliphatic heterocycles. The van der Waals surface area contributed by atoms with E-state index >= 15 is 0 Å². The first kappa shape index (κ1) is 30.7. The van der Waals surface area contributed by atoms with Crippen LogP contribution in [-0.4, -0.2) is 23.1 Å². The van der Waals surface area contributed by atoms with E-state index in [0.717, 1.165) is 55.6 Å². The summed E-state index contributed by atoms with van der Waals surface area (Å²) in [7, 11) is 0.